The van der Waals surface area contributed by atoms with Gasteiger partial charge in [0.15, 0.2) is 5.17 Å². The molecule has 0 saturated heterocycles. The molecule has 0 radical (unpaired) electrons. The van der Waals surface area contributed by atoms with Crippen molar-refractivity contribution in [3.8, 4) is 0 Å². The Bertz CT molecular complexity index is 882. The van der Waals surface area contributed by atoms with Crippen molar-refractivity contribution >= 4 is 40.6 Å². The molecule has 1 fully saturated rings. The van der Waals surface area contributed by atoms with E-state index < -0.39 is 0 Å². The van der Waals surface area contributed by atoms with Gasteiger partial charge in [-0.3, -0.25) is 10.1 Å². The van der Waals surface area contributed by atoms with E-state index in [0.29, 0.717) is 21.7 Å². The fourth-order valence-corrected chi connectivity index (χ4v) is 5.07. The Balaban J connectivity index is 1.62. The van der Waals surface area contributed by atoms with Gasteiger partial charge in [-0.05, 0) is 24.5 Å². The SMILES string of the molecule is NC(=NN=Cc1ccc(SC2CCCCC2)c([N+](=O)[O-])c1)SCc1ccccc1. The molecule has 0 spiro atoms. The van der Waals surface area contributed by atoms with Gasteiger partial charge in [0, 0.05) is 22.6 Å². The quantitative estimate of drug-likeness (QED) is 0.268. The average Bonchev–Trinajstić information content (AvgIpc) is 2.74. The first-order valence-corrected chi connectivity index (χ1v) is 11.5. The zero-order chi connectivity index (χ0) is 20.5. The molecule has 152 valence electrons. The second kappa shape index (κ2) is 11.0. The molecule has 1 aliphatic rings. The lowest BCUT2D eigenvalue weighted by Gasteiger charge is -2.20. The molecule has 8 heteroatoms. The number of nitrogens with zero attached hydrogens (tertiary/aromatic N) is 3. The topological polar surface area (TPSA) is 93.9 Å². The molecule has 0 heterocycles. The normalized spacial score (nSPS) is 15.7. The second-order valence-electron chi connectivity index (χ2n) is 6.82. The van der Waals surface area contributed by atoms with Gasteiger partial charge in [-0.25, -0.2) is 0 Å². The third-order valence-corrected chi connectivity index (χ3v) is 6.88. The van der Waals surface area contributed by atoms with E-state index in [1.165, 1.54) is 37.2 Å². The van der Waals surface area contributed by atoms with Crippen LogP contribution in [-0.2, 0) is 5.75 Å². The molecule has 0 amide bonds. The number of benzene rings is 2. The summed E-state index contributed by atoms with van der Waals surface area (Å²) in [6, 6.07) is 15.2. The molecule has 0 aliphatic heterocycles. The number of nitro groups is 1. The molecule has 6 nitrogen and oxygen atoms in total. The third-order valence-electron chi connectivity index (χ3n) is 4.62. The number of nitrogens with two attached hydrogens (primary N) is 1. The number of hydrogen-bond donors (Lipinski definition) is 1. The summed E-state index contributed by atoms with van der Waals surface area (Å²) in [5.74, 6) is 0.713. The minimum absolute atomic E-state index is 0.125. The van der Waals surface area contributed by atoms with Crippen LogP contribution in [0.4, 0.5) is 5.69 Å². The predicted molar refractivity (Wildman–Crippen MR) is 123 cm³/mol. The molecule has 0 bridgehead atoms. The summed E-state index contributed by atoms with van der Waals surface area (Å²) in [6.07, 6.45) is 7.43. The fraction of sp³-hybridized carbons (Fsp3) is 0.333. The van der Waals surface area contributed by atoms with E-state index in [1.54, 1.807) is 17.8 Å². The molecule has 2 N–H and O–H groups in total. The summed E-state index contributed by atoms with van der Waals surface area (Å²) >= 11 is 3.02. The summed E-state index contributed by atoms with van der Waals surface area (Å²) in [4.78, 5) is 11.9. The van der Waals surface area contributed by atoms with E-state index in [0.717, 1.165) is 23.3 Å². The van der Waals surface area contributed by atoms with Crippen LogP contribution in [0.15, 0.2) is 63.6 Å². The van der Waals surface area contributed by atoms with Gasteiger partial charge in [0.25, 0.3) is 5.69 Å². The Morgan fingerprint density at radius 2 is 1.93 bits per heavy atom. The van der Waals surface area contributed by atoms with E-state index in [1.807, 2.05) is 42.5 Å². The number of rotatable bonds is 7. The van der Waals surface area contributed by atoms with Crippen molar-refractivity contribution in [1.29, 1.82) is 0 Å². The van der Waals surface area contributed by atoms with Gasteiger partial charge in [0.2, 0.25) is 0 Å². The van der Waals surface area contributed by atoms with Gasteiger partial charge in [0.1, 0.15) is 0 Å². The largest absolute Gasteiger partial charge is 0.377 e. The predicted octanol–water partition coefficient (Wildman–Crippen LogP) is 5.60. The Morgan fingerprint density at radius 1 is 1.17 bits per heavy atom. The first-order chi connectivity index (χ1) is 14.1. The summed E-state index contributed by atoms with van der Waals surface area (Å²) in [5.41, 5.74) is 7.79. The van der Waals surface area contributed by atoms with Crippen molar-refractivity contribution in [1.82, 2.24) is 0 Å². The van der Waals surface area contributed by atoms with Gasteiger partial charge in [-0.15, -0.1) is 16.9 Å². The van der Waals surface area contributed by atoms with E-state index in [-0.39, 0.29) is 10.6 Å². The molecule has 2 aromatic rings. The maximum Gasteiger partial charge on any atom is 0.283 e. The molecule has 1 aliphatic carbocycles. The molecule has 0 atom stereocenters. The lowest BCUT2D eigenvalue weighted by Crippen LogP contribution is -2.08. The van der Waals surface area contributed by atoms with Crippen LogP contribution in [0.1, 0.15) is 43.2 Å². The van der Waals surface area contributed by atoms with Gasteiger partial charge >= 0.3 is 0 Å². The zero-order valence-corrected chi connectivity index (χ0v) is 17.7. The standard InChI is InChI=1S/C21H24N4O2S2/c22-21(28-15-16-7-3-1-4-8-16)24-23-14-17-11-12-20(19(13-17)25(26)27)29-18-9-5-2-6-10-18/h1,3-4,7-8,11-14,18H,2,5-6,9-10,15H2,(H2,22,24). The minimum Gasteiger partial charge on any atom is -0.377 e. The number of nitro benzene ring substituents is 1. The minimum atomic E-state index is -0.324. The number of amidine groups is 1. The van der Waals surface area contributed by atoms with Crippen LogP contribution >= 0.6 is 23.5 Å². The highest BCUT2D eigenvalue weighted by atomic mass is 32.2. The van der Waals surface area contributed by atoms with E-state index in [9.17, 15) is 10.1 Å². The van der Waals surface area contributed by atoms with Crippen LogP contribution in [0.2, 0.25) is 0 Å². The number of hydrogen-bond acceptors (Lipinski definition) is 6. The highest BCUT2D eigenvalue weighted by Crippen LogP contribution is 2.38. The van der Waals surface area contributed by atoms with Crippen molar-refractivity contribution in [3.63, 3.8) is 0 Å². The van der Waals surface area contributed by atoms with Gasteiger partial charge in [-0.1, -0.05) is 67.4 Å². The van der Waals surface area contributed by atoms with Crippen molar-refractivity contribution in [2.45, 2.75) is 48.0 Å². The molecule has 0 unspecified atom stereocenters. The molecular formula is C21H24N4O2S2. The molecule has 29 heavy (non-hydrogen) atoms. The maximum atomic E-state index is 11.5. The second-order valence-corrected chi connectivity index (χ2v) is 9.16. The molecule has 3 rings (SSSR count). The molecular weight excluding hydrogens is 404 g/mol. The van der Waals surface area contributed by atoms with Crippen molar-refractivity contribution in [2.75, 3.05) is 0 Å². The number of thioether (sulfide) groups is 2. The fourth-order valence-electron chi connectivity index (χ4n) is 3.13. The van der Waals surface area contributed by atoms with E-state index in [2.05, 4.69) is 10.2 Å². The zero-order valence-electron chi connectivity index (χ0n) is 16.1. The van der Waals surface area contributed by atoms with E-state index in [4.69, 9.17) is 5.73 Å². The van der Waals surface area contributed by atoms with Crippen molar-refractivity contribution in [2.24, 2.45) is 15.9 Å². The lowest BCUT2D eigenvalue weighted by molar-refractivity contribution is -0.387. The molecule has 0 aromatic heterocycles. The first kappa shape index (κ1) is 21.4. The smallest absolute Gasteiger partial charge is 0.283 e. The highest BCUT2D eigenvalue weighted by Gasteiger charge is 2.21. The van der Waals surface area contributed by atoms with Gasteiger partial charge in [-0.2, -0.15) is 5.10 Å². The van der Waals surface area contributed by atoms with Crippen LogP contribution in [0.3, 0.4) is 0 Å². The monoisotopic (exact) mass is 428 g/mol. The summed E-state index contributed by atoms with van der Waals surface area (Å²) < 4.78 is 0. The van der Waals surface area contributed by atoms with Crippen LogP contribution in [0.25, 0.3) is 0 Å². The van der Waals surface area contributed by atoms with Crippen molar-refractivity contribution in [3.05, 3.63) is 69.8 Å². The van der Waals surface area contributed by atoms with Crippen LogP contribution < -0.4 is 5.73 Å². The Kier molecular flexibility index (Phi) is 8.13. The Morgan fingerprint density at radius 3 is 2.66 bits per heavy atom. The lowest BCUT2D eigenvalue weighted by atomic mass is 10.0. The highest BCUT2D eigenvalue weighted by molar-refractivity contribution is 8.13. The van der Waals surface area contributed by atoms with Crippen LogP contribution in [0, 0.1) is 10.1 Å². The van der Waals surface area contributed by atoms with Gasteiger partial charge in [0.05, 0.1) is 16.0 Å². The summed E-state index contributed by atoms with van der Waals surface area (Å²) in [5, 5.41) is 20.3. The average molecular weight is 429 g/mol. The van der Waals surface area contributed by atoms with E-state index >= 15 is 0 Å². The Labute approximate surface area is 179 Å². The molecule has 2 aromatic carbocycles. The van der Waals surface area contributed by atoms with Gasteiger partial charge < -0.3 is 5.73 Å². The first-order valence-electron chi connectivity index (χ1n) is 9.60. The third kappa shape index (κ3) is 6.90. The molecule has 1 saturated carbocycles. The van der Waals surface area contributed by atoms with Crippen LogP contribution in [-0.4, -0.2) is 21.6 Å². The van der Waals surface area contributed by atoms with Crippen molar-refractivity contribution < 1.29 is 4.92 Å². The summed E-state index contributed by atoms with van der Waals surface area (Å²) in [6.45, 7) is 0. The Hall–Kier alpha value is -2.32. The van der Waals surface area contributed by atoms with Crippen LogP contribution in [0.5, 0.6) is 0 Å². The summed E-state index contributed by atoms with van der Waals surface area (Å²) in [7, 11) is 0. The maximum absolute atomic E-state index is 11.5.